The van der Waals surface area contributed by atoms with E-state index in [0.717, 1.165) is 10.8 Å². The molecule has 5 nitrogen and oxygen atoms in total. The van der Waals surface area contributed by atoms with Crippen LogP contribution in [0.25, 0.3) is 10.8 Å². The molecule has 0 unspecified atom stereocenters. The van der Waals surface area contributed by atoms with Crippen molar-refractivity contribution < 1.29 is 13.2 Å². The molecule has 110 valence electrons. The highest BCUT2D eigenvalue weighted by atomic mass is 32.2. The molecule has 2 aromatic rings. The number of carbonyl (C=O) groups is 1. The topological polar surface area (TPSA) is 80.5 Å². The lowest BCUT2D eigenvalue weighted by Gasteiger charge is -2.21. The van der Waals surface area contributed by atoms with Gasteiger partial charge in [-0.2, -0.15) is 4.31 Å². The van der Waals surface area contributed by atoms with Crippen molar-refractivity contribution >= 4 is 26.7 Å². The maximum absolute atomic E-state index is 12.7. The van der Waals surface area contributed by atoms with Gasteiger partial charge in [-0.1, -0.05) is 30.3 Å². The average Bonchev–Trinajstić information content (AvgIpc) is 2.97. The third-order valence-electron chi connectivity index (χ3n) is 3.86. The van der Waals surface area contributed by atoms with Crippen molar-refractivity contribution in [2.24, 2.45) is 5.73 Å². The Bertz CT molecular complexity index is 801. The van der Waals surface area contributed by atoms with Crippen molar-refractivity contribution in [1.82, 2.24) is 4.31 Å². The van der Waals surface area contributed by atoms with Gasteiger partial charge in [-0.15, -0.1) is 0 Å². The lowest BCUT2D eigenvalue weighted by atomic mass is 10.1. The molecule has 0 bridgehead atoms. The van der Waals surface area contributed by atoms with Gasteiger partial charge >= 0.3 is 0 Å². The Morgan fingerprint density at radius 3 is 2.57 bits per heavy atom. The normalized spacial score (nSPS) is 19.9. The van der Waals surface area contributed by atoms with E-state index in [1.807, 2.05) is 24.3 Å². The van der Waals surface area contributed by atoms with Crippen LogP contribution in [0.3, 0.4) is 0 Å². The van der Waals surface area contributed by atoms with Crippen molar-refractivity contribution in [3.8, 4) is 0 Å². The standard InChI is InChI=1S/C15H16N2O3S/c16-15(18)14-6-3-9-17(14)21(19,20)13-8-7-11-4-1-2-5-12(11)10-13/h1-2,4-5,7-8,10,14H,3,6,9H2,(H2,16,18)/t14-/m1/s1. The molecule has 2 aromatic carbocycles. The summed E-state index contributed by atoms with van der Waals surface area (Å²) in [6.45, 7) is 0.336. The van der Waals surface area contributed by atoms with E-state index >= 15 is 0 Å². The highest BCUT2D eigenvalue weighted by Gasteiger charge is 2.38. The fourth-order valence-corrected chi connectivity index (χ4v) is 4.48. The van der Waals surface area contributed by atoms with Gasteiger partial charge < -0.3 is 5.73 Å². The predicted octanol–water partition coefficient (Wildman–Crippen LogP) is 1.48. The van der Waals surface area contributed by atoms with Crippen LogP contribution in [0.15, 0.2) is 47.4 Å². The van der Waals surface area contributed by atoms with Crippen molar-refractivity contribution in [2.45, 2.75) is 23.8 Å². The Morgan fingerprint density at radius 1 is 1.14 bits per heavy atom. The van der Waals surface area contributed by atoms with E-state index in [9.17, 15) is 13.2 Å². The zero-order chi connectivity index (χ0) is 15.0. The molecule has 0 spiro atoms. The molecule has 0 aromatic heterocycles. The Hall–Kier alpha value is -1.92. The zero-order valence-electron chi connectivity index (χ0n) is 11.4. The third-order valence-corrected chi connectivity index (χ3v) is 5.76. The summed E-state index contributed by atoms with van der Waals surface area (Å²) in [6.07, 6.45) is 1.14. The number of nitrogens with two attached hydrogens (primary N) is 1. The zero-order valence-corrected chi connectivity index (χ0v) is 12.2. The van der Waals surface area contributed by atoms with Crippen LogP contribution in [0.1, 0.15) is 12.8 Å². The maximum Gasteiger partial charge on any atom is 0.243 e. The van der Waals surface area contributed by atoms with Crippen LogP contribution in [-0.2, 0) is 14.8 Å². The number of sulfonamides is 1. The van der Waals surface area contributed by atoms with Crippen LogP contribution >= 0.6 is 0 Å². The lowest BCUT2D eigenvalue weighted by molar-refractivity contribution is -0.121. The summed E-state index contributed by atoms with van der Waals surface area (Å²) in [5.74, 6) is -0.586. The van der Waals surface area contributed by atoms with Crippen LogP contribution in [0.4, 0.5) is 0 Å². The Balaban J connectivity index is 2.05. The second-order valence-corrected chi connectivity index (χ2v) is 7.08. The van der Waals surface area contributed by atoms with Crippen molar-refractivity contribution in [3.05, 3.63) is 42.5 Å². The van der Waals surface area contributed by atoms with E-state index in [2.05, 4.69) is 0 Å². The lowest BCUT2D eigenvalue weighted by Crippen LogP contribution is -2.43. The number of rotatable bonds is 3. The molecule has 1 atom stereocenters. The predicted molar refractivity (Wildman–Crippen MR) is 80.1 cm³/mol. The molecular weight excluding hydrogens is 288 g/mol. The fraction of sp³-hybridized carbons (Fsp3) is 0.267. The number of fused-ring (bicyclic) bond motifs is 1. The molecule has 21 heavy (non-hydrogen) atoms. The molecule has 1 fully saturated rings. The molecule has 1 amide bonds. The van der Waals surface area contributed by atoms with Crippen LogP contribution in [0.2, 0.25) is 0 Å². The van der Waals surface area contributed by atoms with Crippen molar-refractivity contribution in [3.63, 3.8) is 0 Å². The van der Waals surface area contributed by atoms with Gasteiger partial charge in [-0.3, -0.25) is 4.79 Å². The van der Waals surface area contributed by atoms with E-state index in [1.54, 1.807) is 18.2 Å². The summed E-state index contributed by atoms with van der Waals surface area (Å²) in [7, 11) is -3.69. The quantitative estimate of drug-likeness (QED) is 0.932. The fourth-order valence-electron chi connectivity index (χ4n) is 2.78. The number of carbonyl (C=O) groups excluding carboxylic acids is 1. The van der Waals surface area contributed by atoms with Crippen LogP contribution in [0.5, 0.6) is 0 Å². The van der Waals surface area contributed by atoms with Crippen LogP contribution in [-0.4, -0.2) is 31.2 Å². The minimum atomic E-state index is -3.69. The second-order valence-electron chi connectivity index (χ2n) is 5.19. The van der Waals surface area contributed by atoms with E-state index in [-0.39, 0.29) is 4.90 Å². The van der Waals surface area contributed by atoms with E-state index in [4.69, 9.17) is 5.73 Å². The van der Waals surface area contributed by atoms with Gasteiger partial charge in [0.05, 0.1) is 4.90 Å². The molecule has 2 N–H and O–H groups in total. The van der Waals surface area contributed by atoms with Gasteiger partial charge in [0.2, 0.25) is 15.9 Å². The Morgan fingerprint density at radius 2 is 1.86 bits per heavy atom. The first-order valence-corrected chi connectivity index (χ1v) is 8.24. The van der Waals surface area contributed by atoms with Gasteiger partial charge in [-0.25, -0.2) is 8.42 Å². The number of hydrogen-bond acceptors (Lipinski definition) is 3. The van der Waals surface area contributed by atoms with Gasteiger partial charge in [-0.05, 0) is 35.7 Å². The molecule has 1 aliphatic rings. The van der Waals surface area contributed by atoms with Gasteiger partial charge in [0.15, 0.2) is 0 Å². The Labute approximate surface area is 123 Å². The SMILES string of the molecule is NC(=O)[C@H]1CCCN1S(=O)(=O)c1ccc2ccccc2c1. The number of benzene rings is 2. The molecule has 1 heterocycles. The average molecular weight is 304 g/mol. The van der Waals surface area contributed by atoms with Gasteiger partial charge in [0, 0.05) is 6.54 Å². The molecule has 0 radical (unpaired) electrons. The molecule has 1 aliphatic heterocycles. The molecule has 3 rings (SSSR count). The van der Waals surface area contributed by atoms with Gasteiger partial charge in [0.25, 0.3) is 0 Å². The summed E-state index contributed by atoms with van der Waals surface area (Å²) in [5, 5.41) is 1.83. The Kier molecular flexibility index (Phi) is 3.43. The minimum absolute atomic E-state index is 0.203. The van der Waals surface area contributed by atoms with E-state index in [1.165, 1.54) is 4.31 Å². The smallest absolute Gasteiger partial charge is 0.243 e. The van der Waals surface area contributed by atoms with Crippen molar-refractivity contribution in [1.29, 1.82) is 0 Å². The first-order chi connectivity index (χ1) is 10.00. The number of nitrogens with zero attached hydrogens (tertiary/aromatic N) is 1. The first kappa shape index (κ1) is 14.0. The molecule has 0 saturated carbocycles. The summed E-state index contributed by atoms with van der Waals surface area (Å²) >= 11 is 0. The summed E-state index contributed by atoms with van der Waals surface area (Å²) in [4.78, 5) is 11.6. The van der Waals surface area contributed by atoms with Crippen molar-refractivity contribution in [2.75, 3.05) is 6.54 Å². The molecule has 0 aliphatic carbocycles. The van der Waals surface area contributed by atoms with E-state index < -0.39 is 22.0 Å². The number of primary amides is 1. The molecular formula is C15H16N2O3S. The van der Waals surface area contributed by atoms with Crippen LogP contribution in [0, 0.1) is 0 Å². The monoisotopic (exact) mass is 304 g/mol. The van der Waals surface area contributed by atoms with Crippen LogP contribution < -0.4 is 5.73 Å². The summed E-state index contributed by atoms with van der Waals surface area (Å²) in [6, 6.07) is 11.8. The highest BCUT2D eigenvalue weighted by molar-refractivity contribution is 7.89. The largest absolute Gasteiger partial charge is 0.368 e. The first-order valence-electron chi connectivity index (χ1n) is 6.80. The maximum atomic E-state index is 12.7. The third kappa shape index (κ3) is 2.41. The van der Waals surface area contributed by atoms with Gasteiger partial charge in [0.1, 0.15) is 6.04 Å². The molecule has 1 saturated heterocycles. The minimum Gasteiger partial charge on any atom is -0.368 e. The second kappa shape index (κ2) is 5.13. The highest BCUT2D eigenvalue weighted by Crippen LogP contribution is 2.27. The summed E-state index contributed by atoms with van der Waals surface area (Å²) in [5.41, 5.74) is 5.31. The van der Waals surface area contributed by atoms with E-state index in [0.29, 0.717) is 19.4 Å². The number of hydrogen-bond donors (Lipinski definition) is 1. The number of amides is 1. The summed E-state index contributed by atoms with van der Waals surface area (Å²) < 4.78 is 26.6. The molecule has 6 heteroatoms.